The Morgan fingerprint density at radius 1 is 1.24 bits per heavy atom. The number of primary amides is 1. The first kappa shape index (κ1) is 17.5. The number of likely N-dealkylation sites (tertiary alicyclic amines) is 1. The predicted molar refractivity (Wildman–Crippen MR) is 78.4 cm³/mol. The number of nitrogens with zero attached hydrogens (tertiary/aromatic N) is 1. The number of nitrogens with two attached hydrogens (primary N) is 1. The lowest BCUT2D eigenvalue weighted by Gasteiger charge is -2.39. The lowest BCUT2D eigenvalue weighted by atomic mass is 9.78. The Bertz CT molecular complexity index is 418. The van der Waals surface area contributed by atoms with Gasteiger partial charge in [-0.2, -0.15) is 0 Å². The predicted octanol–water partition coefficient (Wildman–Crippen LogP) is 1.38. The molecule has 1 aliphatic rings. The minimum absolute atomic E-state index is 0.0216. The molecule has 0 aromatic heterocycles. The molecule has 1 aliphatic heterocycles. The summed E-state index contributed by atoms with van der Waals surface area (Å²) in [5, 5.41) is 9.43. The zero-order chi connectivity index (χ0) is 16.2. The van der Waals surface area contributed by atoms with E-state index in [-0.39, 0.29) is 24.3 Å². The molecule has 3 N–H and O–H groups in total. The summed E-state index contributed by atoms with van der Waals surface area (Å²) in [6.45, 7) is 5.81. The van der Waals surface area contributed by atoms with E-state index in [1.54, 1.807) is 18.7 Å². The van der Waals surface area contributed by atoms with Crippen molar-refractivity contribution < 1.29 is 19.5 Å². The summed E-state index contributed by atoms with van der Waals surface area (Å²) in [5.74, 6) is -1.85. The third kappa shape index (κ3) is 3.74. The van der Waals surface area contributed by atoms with Gasteiger partial charge in [-0.05, 0) is 32.6 Å². The van der Waals surface area contributed by atoms with Crippen LogP contribution in [0, 0.1) is 11.3 Å². The lowest BCUT2D eigenvalue weighted by Crippen LogP contribution is -2.50. The van der Waals surface area contributed by atoms with Crippen molar-refractivity contribution in [2.75, 3.05) is 6.54 Å². The van der Waals surface area contributed by atoms with E-state index in [1.807, 2.05) is 6.92 Å². The molecule has 0 aliphatic carbocycles. The zero-order valence-electron chi connectivity index (χ0n) is 13.1. The van der Waals surface area contributed by atoms with Gasteiger partial charge in [-0.25, -0.2) is 0 Å². The molecule has 2 amide bonds. The first-order valence-electron chi connectivity index (χ1n) is 7.59. The third-order valence-electron chi connectivity index (χ3n) is 4.90. The summed E-state index contributed by atoms with van der Waals surface area (Å²) < 4.78 is 0. The van der Waals surface area contributed by atoms with Crippen LogP contribution >= 0.6 is 0 Å². The van der Waals surface area contributed by atoms with E-state index in [0.29, 0.717) is 25.8 Å². The van der Waals surface area contributed by atoms with Gasteiger partial charge in [0, 0.05) is 19.0 Å². The largest absolute Gasteiger partial charge is 0.481 e. The Labute approximate surface area is 125 Å². The first-order valence-corrected chi connectivity index (χ1v) is 7.59. The lowest BCUT2D eigenvalue weighted by molar-refractivity contribution is -0.155. The van der Waals surface area contributed by atoms with Gasteiger partial charge < -0.3 is 15.7 Å². The van der Waals surface area contributed by atoms with E-state index in [9.17, 15) is 19.5 Å². The van der Waals surface area contributed by atoms with Crippen LogP contribution in [0.25, 0.3) is 0 Å². The van der Waals surface area contributed by atoms with Crippen LogP contribution in [0.1, 0.15) is 52.9 Å². The van der Waals surface area contributed by atoms with Crippen LogP contribution in [0.3, 0.4) is 0 Å². The number of hydrogen-bond acceptors (Lipinski definition) is 3. The molecule has 0 bridgehead atoms. The molecule has 0 radical (unpaired) electrons. The number of aliphatic carboxylic acids is 1. The highest BCUT2D eigenvalue weighted by Gasteiger charge is 2.40. The highest BCUT2D eigenvalue weighted by atomic mass is 16.4. The van der Waals surface area contributed by atoms with E-state index < -0.39 is 17.3 Å². The Hall–Kier alpha value is -1.59. The Balaban J connectivity index is 2.85. The van der Waals surface area contributed by atoms with E-state index >= 15 is 0 Å². The van der Waals surface area contributed by atoms with Crippen LogP contribution in [-0.4, -0.2) is 40.4 Å². The summed E-state index contributed by atoms with van der Waals surface area (Å²) in [6, 6.07) is 0.0216. The zero-order valence-corrected chi connectivity index (χ0v) is 13.1. The highest BCUT2D eigenvalue weighted by molar-refractivity contribution is 5.86. The average molecular weight is 298 g/mol. The normalized spacial score (nSPS) is 22.9. The van der Waals surface area contributed by atoms with Gasteiger partial charge in [0.05, 0.1) is 11.3 Å². The molecule has 0 spiro atoms. The van der Waals surface area contributed by atoms with Crippen molar-refractivity contribution >= 4 is 17.8 Å². The minimum Gasteiger partial charge on any atom is -0.481 e. The number of rotatable bonds is 6. The number of carbonyl (C=O) groups is 3. The van der Waals surface area contributed by atoms with Crippen LogP contribution in [0.4, 0.5) is 0 Å². The molecular weight excluding hydrogens is 272 g/mol. The Morgan fingerprint density at radius 3 is 2.24 bits per heavy atom. The van der Waals surface area contributed by atoms with Gasteiger partial charge in [0.15, 0.2) is 0 Å². The third-order valence-corrected chi connectivity index (χ3v) is 4.90. The van der Waals surface area contributed by atoms with Gasteiger partial charge in [-0.1, -0.05) is 13.8 Å². The summed E-state index contributed by atoms with van der Waals surface area (Å²) >= 11 is 0. The fourth-order valence-corrected chi connectivity index (χ4v) is 2.96. The molecule has 6 nitrogen and oxygen atoms in total. The highest BCUT2D eigenvalue weighted by Crippen LogP contribution is 2.33. The standard InChI is InChI=1S/C15H26N2O4/c1-4-15(5-2,14(20)21)8-12(18)17-9-11(13(16)19)7-6-10(17)3/h10-11H,4-9H2,1-3H3,(H2,16,19)(H,20,21). The quantitative estimate of drug-likeness (QED) is 0.773. The van der Waals surface area contributed by atoms with Crippen LogP contribution in [-0.2, 0) is 14.4 Å². The first-order chi connectivity index (χ1) is 9.77. The number of carboxylic acids is 1. The molecule has 0 aromatic carbocycles. The molecule has 21 heavy (non-hydrogen) atoms. The molecular formula is C15H26N2O4. The van der Waals surface area contributed by atoms with Gasteiger partial charge in [-0.15, -0.1) is 0 Å². The second-order valence-electron chi connectivity index (χ2n) is 6.04. The van der Waals surface area contributed by atoms with Crippen molar-refractivity contribution in [1.82, 2.24) is 4.90 Å². The molecule has 1 fully saturated rings. The smallest absolute Gasteiger partial charge is 0.310 e. The monoisotopic (exact) mass is 298 g/mol. The maximum Gasteiger partial charge on any atom is 0.310 e. The molecule has 0 saturated carbocycles. The van der Waals surface area contributed by atoms with E-state index in [0.717, 1.165) is 6.42 Å². The fraction of sp³-hybridized carbons (Fsp3) is 0.800. The number of carboxylic acid groups (broad SMARTS) is 1. The maximum atomic E-state index is 12.5. The average Bonchev–Trinajstić information content (AvgIpc) is 2.44. The van der Waals surface area contributed by atoms with E-state index in [4.69, 9.17) is 5.73 Å². The van der Waals surface area contributed by atoms with Gasteiger partial charge in [0.1, 0.15) is 0 Å². The Morgan fingerprint density at radius 2 is 1.81 bits per heavy atom. The number of piperidine rings is 1. The molecule has 0 aromatic rings. The van der Waals surface area contributed by atoms with Crippen molar-refractivity contribution in [2.45, 2.75) is 58.9 Å². The van der Waals surface area contributed by atoms with Crippen LogP contribution in [0.15, 0.2) is 0 Å². The summed E-state index contributed by atoms with van der Waals surface area (Å²) in [4.78, 5) is 37.0. The molecule has 1 rings (SSSR count). The van der Waals surface area contributed by atoms with Crippen molar-refractivity contribution in [3.05, 3.63) is 0 Å². The van der Waals surface area contributed by atoms with Crippen molar-refractivity contribution in [3.63, 3.8) is 0 Å². The van der Waals surface area contributed by atoms with Crippen molar-refractivity contribution in [1.29, 1.82) is 0 Å². The summed E-state index contributed by atoms with van der Waals surface area (Å²) in [5.41, 5.74) is 4.31. The van der Waals surface area contributed by atoms with Gasteiger partial charge >= 0.3 is 5.97 Å². The summed E-state index contributed by atoms with van der Waals surface area (Å²) in [7, 11) is 0. The van der Waals surface area contributed by atoms with Crippen LogP contribution in [0.2, 0.25) is 0 Å². The van der Waals surface area contributed by atoms with Gasteiger partial charge in [0.25, 0.3) is 0 Å². The molecule has 1 saturated heterocycles. The molecule has 2 atom stereocenters. The van der Waals surface area contributed by atoms with Gasteiger partial charge in [0.2, 0.25) is 11.8 Å². The minimum atomic E-state index is -1.02. The van der Waals surface area contributed by atoms with Crippen molar-refractivity contribution in [3.8, 4) is 0 Å². The molecule has 1 heterocycles. The van der Waals surface area contributed by atoms with E-state index in [1.165, 1.54) is 0 Å². The number of carbonyl (C=O) groups excluding carboxylic acids is 2. The molecule has 6 heteroatoms. The SMILES string of the molecule is CCC(CC)(CC(=O)N1CC(C(N)=O)CCC1C)C(=O)O. The van der Waals surface area contributed by atoms with Gasteiger partial charge in [-0.3, -0.25) is 14.4 Å². The topological polar surface area (TPSA) is 101 Å². The van der Waals surface area contributed by atoms with Crippen LogP contribution in [0.5, 0.6) is 0 Å². The molecule has 2 unspecified atom stereocenters. The van der Waals surface area contributed by atoms with Crippen LogP contribution < -0.4 is 5.73 Å². The number of hydrogen-bond donors (Lipinski definition) is 2. The van der Waals surface area contributed by atoms with Crippen molar-refractivity contribution in [2.24, 2.45) is 17.1 Å². The van der Waals surface area contributed by atoms with E-state index in [2.05, 4.69) is 0 Å². The fourth-order valence-electron chi connectivity index (χ4n) is 2.96. The second-order valence-corrected chi connectivity index (χ2v) is 6.04. The maximum absolute atomic E-state index is 12.5. The Kier molecular flexibility index (Phi) is 5.75. The number of amides is 2. The summed E-state index contributed by atoms with van der Waals surface area (Å²) in [6.07, 6.45) is 2.20. The second kappa shape index (κ2) is 6.91. The molecule has 120 valence electrons.